The maximum Gasteiger partial charge on any atom is 0.193 e. The Morgan fingerprint density at radius 1 is 1.38 bits per heavy atom. The minimum atomic E-state index is 0. The zero-order chi connectivity index (χ0) is 15.1. The summed E-state index contributed by atoms with van der Waals surface area (Å²) in [5, 5.41) is 4.23. The Morgan fingerprint density at radius 3 is 2.57 bits per heavy atom. The van der Waals surface area contributed by atoms with E-state index in [2.05, 4.69) is 66.6 Å². The molecule has 0 aromatic carbocycles. The lowest BCUT2D eigenvalue weighted by Gasteiger charge is -2.36. The van der Waals surface area contributed by atoms with Gasteiger partial charge in [0.25, 0.3) is 0 Å². The van der Waals surface area contributed by atoms with Gasteiger partial charge in [-0.05, 0) is 26.8 Å². The summed E-state index contributed by atoms with van der Waals surface area (Å²) < 4.78 is 0. The van der Waals surface area contributed by atoms with E-state index in [4.69, 9.17) is 0 Å². The number of thioether (sulfide) groups is 1. The molecule has 0 aliphatic carbocycles. The van der Waals surface area contributed by atoms with Gasteiger partial charge in [-0.2, -0.15) is 11.8 Å². The molecule has 126 valence electrons. The summed E-state index contributed by atoms with van der Waals surface area (Å²) in [5.41, 5.74) is 0. The Kier molecular flexibility index (Phi) is 11.1. The van der Waals surface area contributed by atoms with Crippen molar-refractivity contribution in [2.75, 3.05) is 46.0 Å². The molecule has 1 heterocycles. The zero-order valence-electron chi connectivity index (χ0n) is 14.4. The Morgan fingerprint density at radius 2 is 2.05 bits per heavy atom. The second-order valence-electron chi connectivity index (χ2n) is 6.15. The largest absolute Gasteiger partial charge is 0.355 e. The molecule has 4 nitrogen and oxygen atoms in total. The van der Waals surface area contributed by atoms with E-state index >= 15 is 0 Å². The lowest BCUT2D eigenvalue weighted by atomic mass is 10.1. The first-order valence-electron chi connectivity index (χ1n) is 7.73. The molecule has 0 aromatic rings. The number of nitrogens with one attached hydrogen (secondary N) is 1. The third kappa shape index (κ3) is 7.41. The summed E-state index contributed by atoms with van der Waals surface area (Å²) in [6, 6.07) is 0.593. The highest BCUT2D eigenvalue weighted by atomic mass is 127. The molecular weight excluding hydrogens is 395 g/mol. The van der Waals surface area contributed by atoms with E-state index in [0.29, 0.717) is 6.04 Å². The highest BCUT2D eigenvalue weighted by Crippen LogP contribution is 2.24. The molecule has 21 heavy (non-hydrogen) atoms. The predicted octanol–water partition coefficient (Wildman–Crippen LogP) is 2.59. The number of hydrogen-bond acceptors (Lipinski definition) is 3. The Bertz CT molecular complexity index is 310. The van der Waals surface area contributed by atoms with Crippen molar-refractivity contribution in [2.24, 2.45) is 10.9 Å². The van der Waals surface area contributed by atoms with E-state index in [1.54, 1.807) is 0 Å². The first-order valence-corrected chi connectivity index (χ1v) is 8.78. The Hall–Kier alpha value is 0.310. The lowest BCUT2D eigenvalue weighted by Crippen LogP contribution is -2.50. The standard InChI is InChI=1S/C15H32N4S.HI/c1-12(2)14-11-19(9-10-20-14)15(16-5)17-7-8-18(6)13(3)4;/h12-14H,7-11H2,1-6H3,(H,16,17);1H. The summed E-state index contributed by atoms with van der Waals surface area (Å²) in [6.07, 6.45) is 0. The highest BCUT2D eigenvalue weighted by Gasteiger charge is 2.24. The number of rotatable bonds is 5. The fourth-order valence-corrected chi connectivity index (χ4v) is 3.50. The van der Waals surface area contributed by atoms with Gasteiger partial charge in [0.1, 0.15) is 0 Å². The zero-order valence-corrected chi connectivity index (χ0v) is 17.6. The highest BCUT2D eigenvalue weighted by molar-refractivity contribution is 14.0. The van der Waals surface area contributed by atoms with E-state index < -0.39 is 0 Å². The van der Waals surface area contributed by atoms with Gasteiger partial charge in [0.05, 0.1) is 0 Å². The molecule has 1 saturated heterocycles. The van der Waals surface area contributed by atoms with E-state index in [9.17, 15) is 0 Å². The van der Waals surface area contributed by atoms with Gasteiger partial charge < -0.3 is 15.1 Å². The van der Waals surface area contributed by atoms with Crippen LogP contribution in [0.2, 0.25) is 0 Å². The SMILES string of the molecule is CN=C(NCCN(C)C(C)C)N1CCSC(C(C)C)C1.I. The minimum Gasteiger partial charge on any atom is -0.355 e. The third-order valence-corrected chi connectivity index (χ3v) is 5.52. The van der Waals surface area contributed by atoms with Gasteiger partial charge in [-0.25, -0.2) is 0 Å². The molecule has 1 fully saturated rings. The molecule has 1 aliphatic heterocycles. The van der Waals surface area contributed by atoms with Crippen molar-refractivity contribution in [3.05, 3.63) is 0 Å². The van der Waals surface area contributed by atoms with E-state index in [0.717, 1.165) is 43.3 Å². The quantitative estimate of drug-likeness (QED) is 0.415. The minimum absolute atomic E-state index is 0. The number of halogens is 1. The molecule has 1 atom stereocenters. The topological polar surface area (TPSA) is 30.9 Å². The van der Waals surface area contributed by atoms with Gasteiger partial charge in [-0.3, -0.25) is 4.99 Å². The molecule has 0 amide bonds. The number of guanidine groups is 1. The van der Waals surface area contributed by atoms with E-state index in [-0.39, 0.29) is 24.0 Å². The van der Waals surface area contributed by atoms with Crippen molar-refractivity contribution < 1.29 is 0 Å². The third-order valence-electron chi connectivity index (χ3n) is 3.98. The molecule has 0 radical (unpaired) electrons. The molecule has 1 unspecified atom stereocenters. The van der Waals surface area contributed by atoms with Gasteiger partial charge in [0, 0.05) is 50.3 Å². The van der Waals surface area contributed by atoms with Crippen LogP contribution in [0.4, 0.5) is 0 Å². The van der Waals surface area contributed by atoms with Gasteiger partial charge in [0.2, 0.25) is 0 Å². The molecule has 1 N–H and O–H groups in total. The van der Waals surface area contributed by atoms with Gasteiger partial charge in [0.15, 0.2) is 5.96 Å². The van der Waals surface area contributed by atoms with Crippen LogP contribution in [0, 0.1) is 5.92 Å². The molecule has 0 spiro atoms. The van der Waals surface area contributed by atoms with Crippen LogP contribution in [0.3, 0.4) is 0 Å². The average Bonchev–Trinajstić information content (AvgIpc) is 2.43. The van der Waals surface area contributed by atoms with Crippen LogP contribution in [0.1, 0.15) is 27.7 Å². The molecule has 0 aromatic heterocycles. The van der Waals surface area contributed by atoms with E-state index in [1.807, 2.05) is 7.05 Å². The first kappa shape index (κ1) is 21.3. The van der Waals surface area contributed by atoms with E-state index in [1.165, 1.54) is 5.75 Å². The first-order chi connectivity index (χ1) is 9.45. The molecule has 1 rings (SSSR count). The number of aliphatic imine (C=N–C) groups is 1. The number of likely N-dealkylation sites (N-methyl/N-ethyl adjacent to an activating group) is 1. The predicted molar refractivity (Wildman–Crippen MR) is 107 cm³/mol. The van der Waals surface area contributed by atoms with Crippen LogP contribution >= 0.6 is 35.7 Å². The molecule has 0 saturated carbocycles. The van der Waals surface area contributed by atoms with Crippen LogP contribution in [0.15, 0.2) is 4.99 Å². The maximum atomic E-state index is 4.45. The fraction of sp³-hybridized carbons (Fsp3) is 0.933. The van der Waals surface area contributed by atoms with Crippen molar-refractivity contribution in [2.45, 2.75) is 39.0 Å². The Labute approximate surface area is 152 Å². The number of hydrogen-bond donors (Lipinski definition) is 1. The average molecular weight is 428 g/mol. The second-order valence-corrected chi connectivity index (χ2v) is 7.49. The van der Waals surface area contributed by atoms with Crippen LogP contribution in [0.25, 0.3) is 0 Å². The van der Waals surface area contributed by atoms with Crippen molar-refractivity contribution in [1.82, 2.24) is 15.1 Å². The Balaban J connectivity index is 0.00000400. The van der Waals surface area contributed by atoms with Crippen LogP contribution in [-0.4, -0.2) is 73.1 Å². The fourth-order valence-electron chi connectivity index (χ4n) is 2.21. The van der Waals surface area contributed by atoms with Crippen LogP contribution < -0.4 is 5.32 Å². The summed E-state index contributed by atoms with van der Waals surface area (Å²) in [4.78, 5) is 9.21. The summed E-state index contributed by atoms with van der Waals surface area (Å²) in [5.74, 6) is 3.00. The number of nitrogens with zero attached hydrogens (tertiary/aromatic N) is 3. The molecule has 1 aliphatic rings. The summed E-state index contributed by atoms with van der Waals surface area (Å²) >= 11 is 2.10. The smallest absolute Gasteiger partial charge is 0.193 e. The van der Waals surface area contributed by atoms with Crippen molar-refractivity contribution in [1.29, 1.82) is 0 Å². The second kappa shape index (κ2) is 10.9. The lowest BCUT2D eigenvalue weighted by molar-refractivity contribution is 0.276. The maximum absolute atomic E-state index is 4.45. The van der Waals surface area contributed by atoms with Gasteiger partial charge in [-0.1, -0.05) is 13.8 Å². The van der Waals surface area contributed by atoms with Crippen molar-refractivity contribution in [3.8, 4) is 0 Å². The van der Waals surface area contributed by atoms with Crippen molar-refractivity contribution in [3.63, 3.8) is 0 Å². The molecule has 6 heteroatoms. The summed E-state index contributed by atoms with van der Waals surface area (Å²) in [7, 11) is 4.06. The monoisotopic (exact) mass is 428 g/mol. The van der Waals surface area contributed by atoms with Gasteiger partial charge >= 0.3 is 0 Å². The van der Waals surface area contributed by atoms with Gasteiger partial charge in [-0.15, -0.1) is 24.0 Å². The summed E-state index contributed by atoms with van der Waals surface area (Å²) in [6.45, 7) is 13.3. The normalized spacial score (nSPS) is 20.1. The van der Waals surface area contributed by atoms with Crippen molar-refractivity contribution >= 4 is 41.7 Å². The molecule has 0 bridgehead atoms. The van der Waals surface area contributed by atoms with Crippen LogP contribution in [0.5, 0.6) is 0 Å². The van der Waals surface area contributed by atoms with Crippen LogP contribution in [-0.2, 0) is 0 Å². The molecular formula is C15H33IN4S.